The number of hydrogen-bond donors (Lipinski definition) is 1. The average Bonchev–Trinajstić information content (AvgIpc) is 2.55. The molecule has 1 rings (SSSR count). The van der Waals surface area contributed by atoms with Crippen molar-refractivity contribution < 1.29 is 4.74 Å². The summed E-state index contributed by atoms with van der Waals surface area (Å²) < 4.78 is 6.25. The fourth-order valence-electron chi connectivity index (χ4n) is 1.04. The Balaban J connectivity index is 2.51. The van der Waals surface area contributed by atoms with Crippen molar-refractivity contribution in [2.45, 2.75) is 32.9 Å². The van der Waals surface area contributed by atoms with Crippen LogP contribution in [-0.4, -0.2) is 13.2 Å². The third-order valence-corrected chi connectivity index (χ3v) is 4.08. The molecule has 0 saturated carbocycles. The quantitative estimate of drug-likeness (QED) is 0.891. The molecule has 2 nitrogen and oxygen atoms in total. The zero-order valence-electron chi connectivity index (χ0n) is 8.76. The zero-order chi connectivity index (χ0) is 10.6. The largest absolute Gasteiger partial charge is 0.486 e. The molecular weight excluding hydrogens is 262 g/mol. The van der Waals surface area contributed by atoms with E-state index in [0.717, 1.165) is 22.5 Å². The predicted octanol–water partition coefficient (Wildman–Crippen LogP) is 3.41. The highest BCUT2D eigenvalue weighted by molar-refractivity contribution is 9.10. The van der Waals surface area contributed by atoms with Crippen LogP contribution in [0.15, 0.2) is 10.5 Å². The summed E-state index contributed by atoms with van der Waals surface area (Å²) >= 11 is 5.14. The molecule has 0 aliphatic carbocycles. The molecule has 1 aromatic heterocycles. The first-order chi connectivity index (χ1) is 6.67. The fourth-order valence-corrected chi connectivity index (χ4v) is 2.69. The highest BCUT2D eigenvalue weighted by Gasteiger charge is 2.07. The molecular formula is C10H16BrNOS. The lowest BCUT2D eigenvalue weighted by molar-refractivity contribution is 0.425. The van der Waals surface area contributed by atoms with Gasteiger partial charge in [-0.1, -0.05) is 6.92 Å². The summed E-state index contributed by atoms with van der Waals surface area (Å²) in [6, 6.07) is 2.68. The van der Waals surface area contributed by atoms with Crippen molar-refractivity contribution in [3.8, 4) is 5.06 Å². The minimum atomic E-state index is 0.571. The molecule has 0 aliphatic heterocycles. The SMILES string of the molecule is CCC(C)NCc1cc(Br)c(OC)s1. The van der Waals surface area contributed by atoms with Crippen LogP contribution in [0.3, 0.4) is 0 Å². The van der Waals surface area contributed by atoms with E-state index in [2.05, 4.69) is 41.2 Å². The third-order valence-electron chi connectivity index (χ3n) is 2.13. The van der Waals surface area contributed by atoms with Crippen LogP contribution in [0.5, 0.6) is 5.06 Å². The van der Waals surface area contributed by atoms with Gasteiger partial charge in [-0.25, -0.2) is 0 Å². The molecule has 1 aromatic rings. The first-order valence-corrected chi connectivity index (χ1v) is 6.33. The van der Waals surface area contributed by atoms with E-state index < -0.39 is 0 Å². The maximum Gasteiger partial charge on any atom is 0.188 e. The summed E-state index contributed by atoms with van der Waals surface area (Å²) in [6.45, 7) is 5.30. The maximum atomic E-state index is 5.20. The number of hydrogen-bond acceptors (Lipinski definition) is 3. The minimum absolute atomic E-state index is 0.571. The Morgan fingerprint density at radius 2 is 2.36 bits per heavy atom. The van der Waals surface area contributed by atoms with Gasteiger partial charge in [-0.3, -0.25) is 0 Å². The van der Waals surface area contributed by atoms with Gasteiger partial charge in [0.1, 0.15) is 0 Å². The van der Waals surface area contributed by atoms with E-state index in [4.69, 9.17) is 4.74 Å². The lowest BCUT2D eigenvalue weighted by atomic mass is 10.2. The summed E-state index contributed by atoms with van der Waals surface area (Å²) in [4.78, 5) is 1.30. The molecule has 1 unspecified atom stereocenters. The average molecular weight is 278 g/mol. The van der Waals surface area contributed by atoms with Gasteiger partial charge in [-0.15, -0.1) is 11.3 Å². The number of halogens is 1. The van der Waals surface area contributed by atoms with E-state index in [1.807, 2.05) is 0 Å². The molecule has 0 aliphatic rings. The molecule has 0 fully saturated rings. The second-order valence-electron chi connectivity index (χ2n) is 3.24. The number of thiophene rings is 1. The minimum Gasteiger partial charge on any atom is -0.486 e. The summed E-state index contributed by atoms with van der Waals surface area (Å²) in [5, 5.41) is 4.40. The molecule has 0 radical (unpaired) electrons. The number of rotatable bonds is 5. The smallest absolute Gasteiger partial charge is 0.188 e. The monoisotopic (exact) mass is 277 g/mol. The van der Waals surface area contributed by atoms with E-state index in [9.17, 15) is 0 Å². The van der Waals surface area contributed by atoms with Crippen LogP contribution in [0.1, 0.15) is 25.1 Å². The summed E-state index contributed by atoms with van der Waals surface area (Å²) in [5.41, 5.74) is 0. The van der Waals surface area contributed by atoms with Gasteiger partial charge in [-0.2, -0.15) is 0 Å². The molecule has 1 N–H and O–H groups in total. The second-order valence-corrected chi connectivity index (χ2v) is 5.20. The van der Waals surface area contributed by atoms with E-state index in [-0.39, 0.29) is 0 Å². The van der Waals surface area contributed by atoms with Crippen LogP contribution in [-0.2, 0) is 6.54 Å². The second kappa shape index (κ2) is 5.73. The van der Waals surface area contributed by atoms with Gasteiger partial charge in [0, 0.05) is 17.5 Å². The lowest BCUT2D eigenvalue weighted by Gasteiger charge is -2.09. The van der Waals surface area contributed by atoms with Gasteiger partial charge in [0.15, 0.2) is 5.06 Å². The van der Waals surface area contributed by atoms with E-state index >= 15 is 0 Å². The molecule has 0 spiro atoms. The van der Waals surface area contributed by atoms with Gasteiger partial charge in [-0.05, 0) is 35.3 Å². The van der Waals surface area contributed by atoms with Crippen LogP contribution in [0.4, 0.5) is 0 Å². The van der Waals surface area contributed by atoms with Gasteiger partial charge >= 0.3 is 0 Å². The molecule has 14 heavy (non-hydrogen) atoms. The zero-order valence-corrected chi connectivity index (χ0v) is 11.2. The van der Waals surface area contributed by atoms with Crippen molar-refractivity contribution in [1.82, 2.24) is 5.32 Å². The van der Waals surface area contributed by atoms with Crippen LogP contribution in [0.25, 0.3) is 0 Å². The fraction of sp³-hybridized carbons (Fsp3) is 0.600. The first-order valence-electron chi connectivity index (χ1n) is 4.73. The highest BCUT2D eigenvalue weighted by atomic mass is 79.9. The van der Waals surface area contributed by atoms with Crippen molar-refractivity contribution in [1.29, 1.82) is 0 Å². The molecule has 1 atom stereocenters. The molecule has 80 valence electrons. The molecule has 0 amide bonds. The molecule has 0 aromatic carbocycles. The maximum absolute atomic E-state index is 5.20. The first kappa shape index (κ1) is 12.0. The predicted molar refractivity (Wildman–Crippen MR) is 65.2 cm³/mol. The third kappa shape index (κ3) is 3.26. The lowest BCUT2D eigenvalue weighted by Crippen LogP contribution is -2.23. The summed E-state index contributed by atoms with van der Waals surface area (Å²) in [6.07, 6.45) is 1.16. The van der Waals surface area contributed by atoms with Crippen molar-refractivity contribution in [2.75, 3.05) is 7.11 Å². The van der Waals surface area contributed by atoms with Gasteiger partial charge < -0.3 is 10.1 Å². The normalized spacial score (nSPS) is 12.9. The number of methoxy groups -OCH3 is 1. The van der Waals surface area contributed by atoms with Crippen molar-refractivity contribution in [3.05, 3.63) is 15.4 Å². The molecule has 0 saturated heterocycles. The number of nitrogens with one attached hydrogen (secondary N) is 1. The Bertz CT molecular complexity index is 288. The van der Waals surface area contributed by atoms with Crippen LogP contribution < -0.4 is 10.1 Å². The van der Waals surface area contributed by atoms with E-state index in [0.29, 0.717) is 6.04 Å². The van der Waals surface area contributed by atoms with E-state index in [1.54, 1.807) is 18.4 Å². The van der Waals surface area contributed by atoms with Crippen LogP contribution in [0.2, 0.25) is 0 Å². The Morgan fingerprint density at radius 3 is 2.86 bits per heavy atom. The Labute approximate surface area is 97.8 Å². The Hall–Kier alpha value is -0.0600. The van der Waals surface area contributed by atoms with Crippen molar-refractivity contribution in [3.63, 3.8) is 0 Å². The topological polar surface area (TPSA) is 21.3 Å². The van der Waals surface area contributed by atoms with E-state index in [1.165, 1.54) is 4.88 Å². The van der Waals surface area contributed by atoms with Gasteiger partial charge in [0.25, 0.3) is 0 Å². The van der Waals surface area contributed by atoms with Gasteiger partial charge in [0.05, 0.1) is 11.6 Å². The van der Waals surface area contributed by atoms with Crippen LogP contribution >= 0.6 is 27.3 Å². The van der Waals surface area contributed by atoms with Crippen LogP contribution in [0, 0.1) is 0 Å². The number of ether oxygens (including phenoxy) is 1. The molecule has 1 heterocycles. The van der Waals surface area contributed by atoms with Crippen molar-refractivity contribution in [2.24, 2.45) is 0 Å². The Morgan fingerprint density at radius 1 is 1.64 bits per heavy atom. The Kier molecular flexibility index (Phi) is 4.92. The standard InChI is InChI=1S/C10H16BrNOS/c1-4-7(2)12-6-8-5-9(11)10(13-3)14-8/h5,7,12H,4,6H2,1-3H3. The summed E-state index contributed by atoms with van der Waals surface area (Å²) in [5.74, 6) is 0. The molecule has 0 bridgehead atoms. The van der Waals surface area contributed by atoms with Gasteiger partial charge in [0.2, 0.25) is 0 Å². The highest BCUT2D eigenvalue weighted by Crippen LogP contribution is 2.34. The van der Waals surface area contributed by atoms with Crippen molar-refractivity contribution >= 4 is 27.3 Å². The summed E-state index contributed by atoms with van der Waals surface area (Å²) in [7, 11) is 1.70. The molecule has 4 heteroatoms.